The number of carbonyl (C=O) groups is 1. The van der Waals surface area contributed by atoms with Gasteiger partial charge in [-0.1, -0.05) is 30.3 Å². The zero-order valence-corrected chi connectivity index (χ0v) is 9.50. The molecule has 0 aliphatic carbocycles. The van der Waals surface area contributed by atoms with Crippen molar-refractivity contribution in [2.45, 2.75) is 26.8 Å². The lowest BCUT2D eigenvalue weighted by Crippen LogP contribution is -2.25. The molecule has 0 fully saturated rings. The third kappa shape index (κ3) is 2.94. The summed E-state index contributed by atoms with van der Waals surface area (Å²) in [4.78, 5) is 11.2. The quantitative estimate of drug-likeness (QED) is 0.752. The smallest absolute Gasteiger partial charge is 0.243 e. The molecule has 1 amide bonds. The van der Waals surface area contributed by atoms with Crippen LogP contribution in [0.3, 0.4) is 0 Å². The molecule has 80 valence electrons. The second-order valence-electron chi connectivity index (χ2n) is 3.79. The molecule has 2 nitrogen and oxygen atoms in total. The highest BCUT2D eigenvalue weighted by Crippen LogP contribution is 2.18. The van der Waals surface area contributed by atoms with E-state index in [4.69, 9.17) is 0 Å². The lowest BCUT2D eigenvalue weighted by molar-refractivity contribution is -0.117. The maximum absolute atomic E-state index is 11.2. The van der Waals surface area contributed by atoms with Crippen LogP contribution in [0.25, 0.3) is 0 Å². The molecule has 1 aromatic carbocycles. The SMILES string of the molecule is C=CC(=O)N[C@H](C)c1cc(C)ccc1C. The van der Waals surface area contributed by atoms with E-state index in [9.17, 15) is 4.79 Å². The number of rotatable bonds is 3. The zero-order valence-electron chi connectivity index (χ0n) is 9.50. The van der Waals surface area contributed by atoms with Gasteiger partial charge in [-0.3, -0.25) is 4.79 Å². The molecule has 1 aromatic rings. The maximum Gasteiger partial charge on any atom is 0.243 e. The molecule has 2 heteroatoms. The van der Waals surface area contributed by atoms with Gasteiger partial charge in [-0.15, -0.1) is 0 Å². The molecule has 0 spiro atoms. The molecule has 0 bridgehead atoms. The van der Waals surface area contributed by atoms with Gasteiger partial charge in [0.2, 0.25) is 5.91 Å². The van der Waals surface area contributed by atoms with Gasteiger partial charge in [-0.2, -0.15) is 0 Å². The Labute approximate surface area is 91.0 Å². The Morgan fingerprint density at radius 3 is 2.73 bits per heavy atom. The molecule has 0 unspecified atom stereocenters. The molecule has 0 aliphatic rings. The predicted molar refractivity (Wildman–Crippen MR) is 62.7 cm³/mol. The van der Waals surface area contributed by atoms with Gasteiger partial charge < -0.3 is 5.32 Å². The fourth-order valence-electron chi connectivity index (χ4n) is 1.58. The second-order valence-corrected chi connectivity index (χ2v) is 3.79. The normalized spacial score (nSPS) is 11.9. The molecular weight excluding hydrogens is 186 g/mol. The highest BCUT2D eigenvalue weighted by atomic mass is 16.1. The van der Waals surface area contributed by atoms with Crippen molar-refractivity contribution in [3.63, 3.8) is 0 Å². The summed E-state index contributed by atoms with van der Waals surface area (Å²) in [6.45, 7) is 9.50. The van der Waals surface area contributed by atoms with Gasteiger partial charge in [0.25, 0.3) is 0 Å². The summed E-state index contributed by atoms with van der Waals surface area (Å²) in [5, 5.41) is 2.86. The molecular formula is C13H17NO. The third-order valence-corrected chi connectivity index (χ3v) is 2.45. The summed E-state index contributed by atoms with van der Waals surface area (Å²) in [6, 6.07) is 6.27. The summed E-state index contributed by atoms with van der Waals surface area (Å²) < 4.78 is 0. The van der Waals surface area contributed by atoms with Crippen LogP contribution in [0, 0.1) is 13.8 Å². The van der Waals surface area contributed by atoms with E-state index in [-0.39, 0.29) is 11.9 Å². The molecule has 1 rings (SSSR count). The molecule has 1 atom stereocenters. The van der Waals surface area contributed by atoms with Crippen LogP contribution >= 0.6 is 0 Å². The summed E-state index contributed by atoms with van der Waals surface area (Å²) >= 11 is 0. The average Bonchev–Trinajstić information content (AvgIpc) is 2.21. The fourth-order valence-corrected chi connectivity index (χ4v) is 1.58. The Balaban J connectivity index is 2.90. The molecule has 0 aliphatic heterocycles. The van der Waals surface area contributed by atoms with Crippen LogP contribution in [-0.2, 0) is 4.79 Å². The molecule has 0 saturated carbocycles. The monoisotopic (exact) mass is 203 g/mol. The Hall–Kier alpha value is -1.57. The number of carbonyl (C=O) groups excluding carboxylic acids is 1. The molecule has 1 N–H and O–H groups in total. The number of hydrogen-bond donors (Lipinski definition) is 1. The number of aryl methyl sites for hydroxylation is 2. The van der Waals surface area contributed by atoms with Gasteiger partial charge in [-0.05, 0) is 38.0 Å². The first-order valence-corrected chi connectivity index (χ1v) is 5.04. The summed E-state index contributed by atoms with van der Waals surface area (Å²) in [5.74, 6) is -0.136. The zero-order chi connectivity index (χ0) is 11.4. The summed E-state index contributed by atoms with van der Waals surface area (Å²) in [7, 11) is 0. The summed E-state index contributed by atoms with van der Waals surface area (Å²) in [6.07, 6.45) is 1.29. The van der Waals surface area contributed by atoms with E-state index >= 15 is 0 Å². The van der Waals surface area contributed by atoms with Crippen molar-refractivity contribution in [2.75, 3.05) is 0 Å². The largest absolute Gasteiger partial charge is 0.346 e. The number of hydrogen-bond acceptors (Lipinski definition) is 1. The van der Waals surface area contributed by atoms with Gasteiger partial charge in [0.15, 0.2) is 0 Å². The van der Waals surface area contributed by atoms with Gasteiger partial charge in [0.1, 0.15) is 0 Å². The first-order chi connectivity index (χ1) is 7.04. The Morgan fingerprint density at radius 1 is 1.47 bits per heavy atom. The molecule has 0 saturated heterocycles. The Kier molecular flexibility index (Phi) is 3.67. The fraction of sp³-hybridized carbons (Fsp3) is 0.308. The minimum atomic E-state index is -0.136. The molecule has 15 heavy (non-hydrogen) atoms. The number of amides is 1. The topological polar surface area (TPSA) is 29.1 Å². The van der Waals surface area contributed by atoms with Crippen molar-refractivity contribution in [1.82, 2.24) is 5.32 Å². The minimum Gasteiger partial charge on any atom is -0.346 e. The van der Waals surface area contributed by atoms with Crippen molar-refractivity contribution in [2.24, 2.45) is 0 Å². The van der Waals surface area contributed by atoms with Crippen molar-refractivity contribution >= 4 is 5.91 Å². The Morgan fingerprint density at radius 2 is 2.13 bits per heavy atom. The Bertz CT molecular complexity index is 382. The van der Waals surface area contributed by atoms with Gasteiger partial charge in [-0.25, -0.2) is 0 Å². The summed E-state index contributed by atoms with van der Waals surface area (Å²) in [5.41, 5.74) is 3.55. The highest BCUT2D eigenvalue weighted by molar-refractivity contribution is 5.87. The first-order valence-electron chi connectivity index (χ1n) is 5.04. The van der Waals surface area contributed by atoms with E-state index in [1.165, 1.54) is 17.2 Å². The lowest BCUT2D eigenvalue weighted by Gasteiger charge is -2.16. The van der Waals surface area contributed by atoms with Gasteiger partial charge in [0.05, 0.1) is 6.04 Å². The van der Waals surface area contributed by atoms with E-state index in [1.807, 2.05) is 20.8 Å². The van der Waals surface area contributed by atoms with Crippen LogP contribution in [0.4, 0.5) is 0 Å². The van der Waals surface area contributed by atoms with Gasteiger partial charge >= 0.3 is 0 Å². The third-order valence-electron chi connectivity index (χ3n) is 2.45. The van der Waals surface area contributed by atoms with E-state index in [1.54, 1.807) is 0 Å². The molecule has 0 aromatic heterocycles. The lowest BCUT2D eigenvalue weighted by atomic mass is 10.00. The van der Waals surface area contributed by atoms with E-state index in [0.29, 0.717) is 0 Å². The van der Waals surface area contributed by atoms with Crippen molar-refractivity contribution in [3.8, 4) is 0 Å². The minimum absolute atomic E-state index is 0.0235. The van der Waals surface area contributed by atoms with Crippen molar-refractivity contribution < 1.29 is 4.79 Å². The number of benzene rings is 1. The van der Waals surface area contributed by atoms with Crippen LogP contribution < -0.4 is 5.32 Å². The van der Waals surface area contributed by atoms with Crippen LogP contribution in [0.5, 0.6) is 0 Å². The van der Waals surface area contributed by atoms with Crippen LogP contribution in [-0.4, -0.2) is 5.91 Å². The first kappa shape index (κ1) is 11.5. The average molecular weight is 203 g/mol. The highest BCUT2D eigenvalue weighted by Gasteiger charge is 2.09. The number of nitrogens with one attached hydrogen (secondary N) is 1. The standard InChI is InChI=1S/C13H17NO/c1-5-13(15)14-11(4)12-8-9(2)6-7-10(12)3/h5-8,11H,1H2,2-4H3,(H,14,15)/t11-/m1/s1. The second kappa shape index (κ2) is 4.78. The molecule has 0 radical (unpaired) electrons. The maximum atomic E-state index is 11.2. The van der Waals surface area contributed by atoms with Crippen LogP contribution in [0.15, 0.2) is 30.9 Å². The van der Waals surface area contributed by atoms with Crippen molar-refractivity contribution in [1.29, 1.82) is 0 Å². The van der Waals surface area contributed by atoms with E-state index in [0.717, 1.165) is 5.56 Å². The van der Waals surface area contributed by atoms with Crippen LogP contribution in [0.1, 0.15) is 29.7 Å². The van der Waals surface area contributed by atoms with E-state index < -0.39 is 0 Å². The van der Waals surface area contributed by atoms with Crippen LogP contribution in [0.2, 0.25) is 0 Å². The van der Waals surface area contributed by atoms with Crippen molar-refractivity contribution in [3.05, 3.63) is 47.5 Å². The predicted octanol–water partition coefficient (Wildman–Crippen LogP) is 2.67. The van der Waals surface area contributed by atoms with Gasteiger partial charge in [0, 0.05) is 0 Å². The van der Waals surface area contributed by atoms with E-state index in [2.05, 4.69) is 30.1 Å². The molecule has 0 heterocycles.